The Hall–Kier alpha value is -0.400. The van der Waals surface area contributed by atoms with Crippen LogP contribution in [0.1, 0.15) is 65.7 Å². The Morgan fingerprint density at radius 2 is 1.15 bits per heavy atom. The first kappa shape index (κ1) is 25.6. The van der Waals surface area contributed by atoms with Crippen LogP contribution in [0, 0.1) is 0 Å². The normalized spacial score (nSPS) is 14.6. The van der Waals surface area contributed by atoms with Crippen LogP contribution in [-0.4, -0.2) is 41.7 Å². The Bertz CT molecular complexity index is 427. The second-order valence-electron chi connectivity index (χ2n) is 6.72. The molecule has 0 rings (SSSR count). The van der Waals surface area contributed by atoms with E-state index in [1.54, 1.807) is 20.8 Å². The first-order valence-electron chi connectivity index (χ1n) is 8.97. The Kier molecular flexibility index (Phi) is 10.1. The van der Waals surface area contributed by atoms with E-state index in [1.165, 1.54) is 0 Å². The van der Waals surface area contributed by atoms with Crippen LogP contribution < -0.4 is 4.89 Å². The van der Waals surface area contributed by atoms with Crippen molar-refractivity contribution < 1.29 is 40.3 Å². The molecule has 0 aliphatic carbocycles. The molecule has 0 amide bonds. The number of quaternary nitrogens is 1. The van der Waals surface area contributed by atoms with E-state index in [-0.39, 0.29) is 38.9 Å². The third kappa shape index (κ3) is 6.06. The minimum absolute atomic E-state index is 0.241. The average molecular weight is 412 g/mol. The van der Waals surface area contributed by atoms with Crippen molar-refractivity contribution in [3.63, 3.8) is 0 Å². The van der Waals surface area contributed by atoms with Crippen LogP contribution in [0.5, 0.6) is 0 Å². The number of unbranched alkanes of at least 4 members (excludes halogenated alkanes) is 3. The lowest BCUT2D eigenvalue weighted by Gasteiger charge is -2.46. The second kappa shape index (κ2) is 10.2. The smallest absolute Gasteiger partial charge is 0.455 e. The summed E-state index contributed by atoms with van der Waals surface area (Å²) in [5.74, 6) is -5.15. The highest BCUT2D eigenvalue weighted by Crippen LogP contribution is 2.52. The van der Waals surface area contributed by atoms with Crippen LogP contribution in [0.15, 0.2) is 0 Å². The fraction of sp³-hybridized carbons (Fsp3) is 1.00. The molecule has 3 nitrogen and oxygen atoms in total. The summed E-state index contributed by atoms with van der Waals surface area (Å²) in [6.45, 7) is 4.36. The molecular weight excluding hydrogens is 383 g/mol. The molecular formula is C16H29F6NO2P+. The molecule has 0 aromatic heterocycles. The Balaban J connectivity index is 5.98. The molecule has 1 unspecified atom stereocenters. The van der Waals surface area contributed by atoms with Gasteiger partial charge in [0.25, 0.3) is 0 Å². The summed E-state index contributed by atoms with van der Waals surface area (Å²) in [6.07, 6.45) is -0.522. The van der Waals surface area contributed by atoms with Gasteiger partial charge in [-0.2, -0.15) is 17.6 Å². The Labute approximate surface area is 152 Å². The summed E-state index contributed by atoms with van der Waals surface area (Å²) >= 11 is 0. The largest absolute Gasteiger partial charge is 0.591 e. The first-order valence-corrected chi connectivity index (χ1v) is 10.2. The molecule has 0 saturated carbocycles. The van der Waals surface area contributed by atoms with E-state index in [2.05, 4.69) is 0 Å². The van der Waals surface area contributed by atoms with Gasteiger partial charge in [-0.15, -0.1) is 8.78 Å². The van der Waals surface area contributed by atoms with E-state index in [0.29, 0.717) is 19.3 Å². The Morgan fingerprint density at radius 3 is 1.42 bits per heavy atom. The van der Waals surface area contributed by atoms with Crippen molar-refractivity contribution in [2.24, 2.45) is 0 Å². The molecule has 0 aromatic rings. The van der Waals surface area contributed by atoms with Crippen molar-refractivity contribution >= 4 is 8.03 Å². The number of nitrogens with zero attached hydrogens (tertiary/aromatic N) is 1. The topological polar surface area (TPSA) is 40.1 Å². The first-order chi connectivity index (χ1) is 11.8. The highest BCUT2D eigenvalue weighted by Gasteiger charge is 2.73. The molecule has 0 aliphatic rings. The van der Waals surface area contributed by atoms with Gasteiger partial charge in [0.15, 0.2) is 0 Å². The van der Waals surface area contributed by atoms with Gasteiger partial charge in [0.2, 0.25) is 0 Å². The van der Waals surface area contributed by atoms with Gasteiger partial charge in [0.05, 0.1) is 19.6 Å². The number of hydrogen-bond acceptors (Lipinski definition) is 2. The van der Waals surface area contributed by atoms with Crippen molar-refractivity contribution in [3.8, 4) is 0 Å². The minimum atomic E-state index is -5.15. The van der Waals surface area contributed by atoms with Gasteiger partial charge < -0.3 is 4.89 Å². The van der Waals surface area contributed by atoms with Gasteiger partial charge in [-0.05, 0) is 19.3 Å². The number of hydrogen-bond donors (Lipinski definition) is 0. The zero-order chi connectivity index (χ0) is 20.6. The fourth-order valence-corrected chi connectivity index (χ4v) is 3.25. The molecule has 0 bridgehead atoms. The van der Waals surface area contributed by atoms with Gasteiger partial charge in [-0.3, -0.25) is 4.48 Å². The van der Waals surface area contributed by atoms with Crippen LogP contribution in [0.4, 0.5) is 26.3 Å². The van der Waals surface area contributed by atoms with Gasteiger partial charge >= 0.3 is 25.7 Å². The van der Waals surface area contributed by atoms with E-state index in [9.17, 15) is 35.8 Å². The highest BCUT2D eigenvalue weighted by molar-refractivity contribution is 7.37. The molecule has 0 N–H and O–H groups in total. The van der Waals surface area contributed by atoms with E-state index in [1.807, 2.05) is 0 Å². The van der Waals surface area contributed by atoms with Crippen LogP contribution in [-0.2, 0) is 4.57 Å². The molecule has 0 aliphatic heterocycles. The van der Waals surface area contributed by atoms with Gasteiger partial charge in [0, 0.05) is 0 Å². The number of rotatable bonds is 14. The summed E-state index contributed by atoms with van der Waals surface area (Å²) in [6, 6.07) is -4.79. The van der Waals surface area contributed by atoms with E-state index >= 15 is 0 Å². The summed E-state index contributed by atoms with van der Waals surface area (Å²) in [4.78, 5) is 10.5. The van der Waals surface area contributed by atoms with Gasteiger partial charge in [-0.25, -0.2) is 0 Å². The molecule has 0 aromatic carbocycles. The molecule has 1 atom stereocenters. The standard InChI is InChI=1S/C16H29F6NO2P/c1-4-7-10-23(11-8-5-2,12-9-6-3)16(21,22)14(17,18)13-15(19,20)26(24)25/h4-13H2,1-3H3/q+1. The predicted molar refractivity (Wildman–Crippen MR) is 86.6 cm³/mol. The summed E-state index contributed by atoms with van der Waals surface area (Å²) in [5, 5.41) is 0. The fourth-order valence-electron chi connectivity index (χ4n) is 2.92. The molecule has 156 valence electrons. The van der Waals surface area contributed by atoms with E-state index in [0.717, 1.165) is 0 Å². The zero-order valence-corrected chi connectivity index (χ0v) is 16.4. The molecule has 0 saturated heterocycles. The second-order valence-corrected chi connectivity index (χ2v) is 7.89. The summed E-state index contributed by atoms with van der Waals surface area (Å²) in [7, 11) is -4.58. The Morgan fingerprint density at radius 1 is 0.808 bits per heavy atom. The van der Waals surface area contributed by atoms with Crippen LogP contribution in [0.25, 0.3) is 0 Å². The van der Waals surface area contributed by atoms with E-state index in [4.69, 9.17) is 0 Å². The monoisotopic (exact) mass is 412 g/mol. The SMILES string of the molecule is CCCC[N+](CCCC)(CCCC)C(F)(F)C(F)(F)CC(F)(F)[P+](=O)[O-]. The third-order valence-corrected chi connectivity index (χ3v) is 5.25. The lowest BCUT2D eigenvalue weighted by Crippen LogP contribution is -2.69. The summed E-state index contributed by atoms with van der Waals surface area (Å²) < 4.78 is 94.4. The van der Waals surface area contributed by atoms with Gasteiger partial charge in [-0.1, -0.05) is 44.6 Å². The molecule has 26 heavy (non-hydrogen) atoms. The van der Waals surface area contributed by atoms with Crippen LogP contribution in [0.2, 0.25) is 0 Å². The molecule has 0 fully saturated rings. The predicted octanol–water partition coefficient (Wildman–Crippen LogP) is 5.52. The van der Waals surface area contributed by atoms with Crippen LogP contribution >= 0.6 is 8.03 Å². The molecule has 10 heteroatoms. The summed E-state index contributed by atoms with van der Waals surface area (Å²) in [5.41, 5.74) is -4.89. The maximum absolute atomic E-state index is 15.0. The quantitative estimate of drug-likeness (QED) is 0.163. The van der Waals surface area contributed by atoms with Crippen molar-refractivity contribution in [2.45, 2.75) is 83.3 Å². The molecule has 0 radical (unpaired) electrons. The minimum Gasteiger partial charge on any atom is -0.591 e. The maximum atomic E-state index is 15.0. The molecule has 0 heterocycles. The van der Waals surface area contributed by atoms with Crippen molar-refractivity contribution in [2.75, 3.05) is 19.6 Å². The van der Waals surface area contributed by atoms with E-state index < -0.39 is 36.6 Å². The van der Waals surface area contributed by atoms with Crippen molar-refractivity contribution in [1.29, 1.82) is 0 Å². The average Bonchev–Trinajstić information content (AvgIpc) is 2.53. The van der Waals surface area contributed by atoms with Crippen molar-refractivity contribution in [3.05, 3.63) is 0 Å². The number of halogens is 6. The maximum Gasteiger partial charge on any atom is 0.455 e. The highest BCUT2D eigenvalue weighted by atomic mass is 31.1. The lowest BCUT2D eigenvalue weighted by atomic mass is 10.1. The van der Waals surface area contributed by atoms with Crippen molar-refractivity contribution in [1.82, 2.24) is 0 Å². The van der Waals surface area contributed by atoms with Crippen LogP contribution in [0.3, 0.4) is 0 Å². The zero-order valence-electron chi connectivity index (χ0n) is 15.5. The third-order valence-electron chi connectivity index (χ3n) is 4.56. The van der Waals surface area contributed by atoms with Gasteiger partial charge in [0.1, 0.15) is 6.42 Å². The lowest BCUT2D eigenvalue weighted by molar-refractivity contribution is -1.02. The number of alkyl halides is 6. The molecule has 0 spiro atoms.